The minimum absolute atomic E-state index is 1.03. The predicted octanol–water partition coefficient (Wildman–Crippen LogP) is 2.70. The highest BCUT2D eigenvalue weighted by Gasteiger charge is 2.31. The molecular formula is C12H9N5. The van der Waals surface area contributed by atoms with Gasteiger partial charge in [-0.25, -0.2) is 0 Å². The Morgan fingerprint density at radius 1 is 0.824 bits per heavy atom. The van der Waals surface area contributed by atoms with Gasteiger partial charge in [0.1, 0.15) is 0 Å². The van der Waals surface area contributed by atoms with Crippen LogP contribution in [0, 0.1) is 0 Å². The van der Waals surface area contributed by atoms with Crippen LogP contribution >= 0.6 is 0 Å². The van der Waals surface area contributed by atoms with Gasteiger partial charge >= 0.3 is 0 Å². The Hall–Kier alpha value is -2.56. The second-order valence-electron chi connectivity index (χ2n) is 3.92. The van der Waals surface area contributed by atoms with E-state index in [4.69, 9.17) is 0 Å². The molecule has 0 saturated carbocycles. The van der Waals surface area contributed by atoms with E-state index in [1.807, 2.05) is 41.5 Å². The first kappa shape index (κ1) is 8.58. The average molecular weight is 223 g/mol. The highest BCUT2D eigenvalue weighted by atomic mass is 16.0. The standard InChI is InChI=1S/C12H9N5/c1-3-7-11-9(5-1)10-6-2-4-8-12(10)17-15-13-14-16(11)17/h1-8H,(H,14,15). The number of fused-ring (bicyclic) bond motifs is 6. The normalized spacial score (nSPS) is 15.1. The van der Waals surface area contributed by atoms with Crippen molar-refractivity contribution in [3.63, 3.8) is 0 Å². The lowest BCUT2D eigenvalue weighted by Gasteiger charge is -2.33. The molecule has 0 fully saturated rings. The Labute approximate surface area is 97.9 Å². The fourth-order valence-electron chi connectivity index (χ4n) is 2.26. The lowest BCUT2D eigenvalue weighted by molar-refractivity contribution is 0.716. The van der Waals surface area contributed by atoms with Gasteiger partial charge in [-0.3, -0.25) is 0 Å². The van der Waals surface area contributed by atoms with Gasteiger partial charge in [-0.1, -0.05) is 36.4 Å². The number of anilines is 2. The van der Waals surface area contributed by atoms with Crippen molar-refractivity contribution >= 4 is 11.4 Å². The largest absolute Gasteiger partial charge is 0.177 e. The summed E-state index contributed by atoms with van der Waals surface area (Å²) >= 11 is 0. The Balaban J connectivity index is 2.06. The van der Waals surface area contributed by atoms with Crippen LogP contribution in [0.3, 0.4) is 0 Å². The lowest BCUT2D eigenvalue weighted by atomic mass is 10.00. The van der Waals surface area contributed by atoms with Crippen LogP contribution in [0.4, 0.5) is 11.4 Å². The van der Waals surface area contributed by atoms with Crippen LogP contribution in [-0.4, -0.2) is 0 Å². The van der Waals surface area contributed by atoms with Gasteiger partial charge < -0.3 is 0 Å². The fraction of sp³-hybridized carbons (Fsp3) is 0. The second-order valence-corrected chi connectivity index (χ2v) is 3.92. The topological polar surface area (TPSA) is 43.2 Å². The smallest absolute Gasteiger partial charge is 0.0953 e. The summed E-state index contributed by atoms with van der Waals surface area (Å²) in [5.41, 5.74) is 7.30. The quantitative estimate of drug-likeness (QED) is 0.746. The summed E-state index contributed by atoms with van der Waals surface area (Å²) in [7, 11) is 0. The number of rotatable bonds is 0. The molecule has 4 rings (SSSR count). The first-order valence-electron chi connectivity index (χ1n) is 5.40. The first-order chi connectivity index (χ1) is 8.45. The molecular weight excluding hydrogens is 214 g/mol. The van der Waals surface area contributed by atoms with E-state index in [9.17, 15) is 0 Å². The zero-order valence-corrected chi connectivity index (χ0v) is 8.91. The van der Waals surface area contributed by atoms with Crippen molar-refractivity contribution in [2.45, 2.75) is 0 Å². The minimum Gasteiger partial charge on any atom is -0.177 e. The molecule has 0 aliphatic carbocycles. The molecule has 5 heteroatoms. The van der Waals surface area contributed by atoms with Gasteiger partial charge in [-0.05, 0) is 22.6 Å². The summed E-state index contributed by atoms with van der Waals surface area (Å²) in [5.74, 6) is 0. The van der Waals surface area contributed by atoms with Gasteiger partial charge in [0.15, 0.2) is 0 Å². The summed E-state index contributed by atoms with van der Waals surface area (Å²) in [6.07, 6.45) is 0. The van der Waals surface area contributed by atoms with E-state index in [0.29, 0.717) is 0 Å². The predicted molar refractivity (Wildman–Crippen MR) is 64.8 cm³/mol. The van der Waals surface area contributed by atoms with Crippen molar-refractivity contribution in [2.75, 3.05) is 10.2 Å². The van der Waals surface area contributed by atoms with Crippen LogP contribution in [0.2, 0.25) is 0 Å². The molecule has 0 unspecified atom stereocenters. The molecule has 5 nitrogen and oxygen atoms in total. The van der Waals surface area contributed by atoms with Crippen molar-refractivity contribution in [2.24, 2.45) is 10.4 Å². The van der Waals surface area contributed by atoms with Crippen molar-refractivity contribution in [3.05, 3.63) is 48.5 Å². The maximum Gasteiger partial charge on any atom is 0.0953 e. The van der Waals surface area contributed by atoms with Crippen LogP contribution in [-0.2, 0) is 0 Å². The van der Waals surface area contributed by atoms with Gasteiger partial charge in [0.25, 0.3) is 0 Å². The highest BCUT2D eigenvalue weighted by Crippen LogP contribution is 2.43. The van der Waals surface area contributed by atoms with Gasteiger partial charge in [0, 0.05) is 11.1 Å². The molecule has 0 saturated heterocycles. The Bertz CT molecular complexity index is 622. The first-order valence-corrected chi connectivity index (χ1v) is 5.40. The summed E-state index contributed by atoms with van der Waals surface area (Å²) in [5, 5.41) is 11.5. The summed E-state index contributed by atoms with van der Waals surface area (Å²) in [4.78, 5) is 0. The molecule has 2 aromatic rings. The summed E-state index contributed by atoms with van der Waals surface area (Å²) in [6, 6.07) is 16.3. The molecule has 0 aromatic heterocycles. The second kappa shape index (κ2) is 2.98. The van der Waals surface area contributed by atoms with E-state index in [-0.39, 0.29) is 0 Å². The number of nitrogens with one attached hydrogen (secondary N) is 1. The summed E-state index contributed by atoms with van der Waals surface area (Å²) in [6.45, 7) is 0. The Kier molecular flexibility index (Phi) is 1.50. The number of nitrogens with zero attached hydrogens (tertiary/aromatic N) is 4. The zero-order chi connectivity index (χ0) is 11.2. The van der Waals surface area contributed by atoms with Crippen molar-refractivity contribution < 1.29 is 0 Å². The van der Waals surface area contributed by atoms with Gasteiger partial charge in [-0.15, -0.1) is 5.12 Å². The van der Waals surface area contributed by atoms with Gasteiger partial charge in [0.05, 0.1) is 11.4 Å². The van der Waals surface area contributed by atoms with E-state index in [2.05, 4.69) is 28.1 Å². The lowest BCUT2D eigenvalue weighted by Crippen LogP contribution is -2.44. The molecule has 2 aromatic carbocycles. The minimum atomic E-state index is 1.03. The molecule has 1 N–H and O–H groups in total. The molecule has 0 bridgehead atoms. The third kappa shape index (κ3) is 1.02. The van der Waals surface area contributed by atoms with E-state index < -0.39 is 0 Å². The molecule has 2 heterocycles. The number of hydrazine groups is 2. The van der Waals surface area contributed by atoms with E-state index in [1.54, 1.807) is 5.12 Å². The molecule has 2 aliphatic rings. The monoisotopic (exact) mass is 223 g/mol. The third-order valence-electron chi connectivity index (χ3n) is 3.00. The molecule has 2 aliphatic heterocycles. The Morgan fingerprint density at radius 3 is 2.29 bits per heavy atom. The number of para-hydroxylation sites is 2. The highest BCUT2D eigenvalue weighted by molar-refractivity contribution is 5.91. The maximum absolute atomic E-state index is 4.07. The fourth-order valence-corrected chi connectivity index (χ4v) is 2.26. The van der Waals surface area contributed by atoms with Crippen LogP contribution in [0.15, 0.2) is 59.0 Å². The van der Waals surface area contributed by atoms with E-state index in [1.165, 1.54) is 11.1 Å². The van der Waals surface area contributed by atoms with E-state index >= 15 is 0 Å². The number of benzene rings is 2. The van der Waals surface area contributed by atoms with Crippen molar-refractivity contribution in [3.8, 4) is 11.1 Å². The van der Waals surface area contributed by atoms with Crippen LogP contribution in [0.5, 0.6) is 0 Å². The van der Waals surface area contributed by atoms with Gasteiger partial charge in [0.2, 0.25) is 0 Å². The van der Waals surface area contributed by atoms with Crippen LogP contribution in [0.1, 0.15) is 0 Å². The maximum atomic E-state index is 4.07. The molecule has 0 amide bonds. The van der Waals surface area contributed by atoms with Crippen molar-refractivity contribution in [1.82, 2.24) is 5.53 Å². The molecule has 82 valence electrons. The number of hydrogen-bond acceptors (Lipinski definition) is 5. The molecule has 0 atom stereocenters. The third-order valence-corrected chi connectivity index (χ3v) is 3.00. The molecule has 0 spiro atoms. The Morgan fingerprint density at radius 2 is 1.47 bits per heavy atom. The van der Waals surface area contributed by atoms with Crippen molar-refractivity contribution in [1.29, 1.82) is 0 Å². The number of hydrogen-bond donors (Lipinski definition) is 1. The molecule has 0 radical (unpaired) electrons. The zero-order valence-electron chi connectivity index (χ0n) is 8.91. The van der Waals surface area contributed by atoms with Crippen LogP contribution < -0.4 is 15.8 Å². The van der Waals surface area contributed by atoms with E-state index in [0.717, 1.165) is 11.4 Å². The summed E-state index contributed by atoms with van der Waals surface area (Å²) < 4.78 is 0. The SMILES string of the molecule is c1ccc2c(c1)-c1ccccc1N1NN=NN21. The van der Waals surface area contributed by atoms with Gasteiger partial charge in [-0.2, -0.15) is 10.7 Å². The molecule has 17 heavy (non-hydrogen) atoms. The van der Waals surface area contributed by atoms with Crippen LogP contribution in [0.25, 0.3) is 11.1 Å². The average Bonchev–Trinajstić information content (AvgIpc) is 2.89.